The predicted octanol–water partition coefficient (Wildman–Crippen LogP) is 3.55. The molecule has 9 heteroatoms. The standard InChI is InChI=1S/C32H33FN4O4/c1-32(2,3)23-10-8-21(9-11-23)29(39)35-25(17-20-6-12-24(33)13-7-20)31(41)36-16-14-26-28(36)27(38)19-37(26)30(40)22-5-4-15-34-18-22/h4-13,15,18,25-26,28H,14,16-17,19H2,1-3H3,(H,35,39)/t25-,26+,28-/m0/s1. The number of ketones is 1. The molecule has 0 aliphatic carbocycles. The van der Waals surface area contributed by atoms with E-state index in [1.807, 2.05) is 12.1 Å². The van der Waals surface area contributed by atoms with Crippen molar-refractivity contribution in [1.82, 2.24) is 20.1 Å². The number of Topliss-reactive ketones (excluding diaryl/α,β-unsaturated/α-hetero) is 1. The number of nitrogens with zero attached hydrogens (tertiary/aromatic N) is 3. The Hall–Kier alpha value is -4.40. The summed E-state index contributed by atoms with van der Waals surface area (Å²) < 4.78 is 13.6. The number of halogens is 1. The topological polar surface area (TPSA) is 99.7 Å². The average molecular weight is 557 g/mol. The second-order valence-corrected chi connectivity index (χ2v) is 11.7. The van der Waals surface area contributed by atoms with Crippen LogP contribution < -0.4 is 5.32 Å². The SMILES string of the molecule is CC(C)(C)c1ccc(C(=O)N[C@@H](Cc2ccc(F)cc2)C(=O)N2CC[C@@H]3[C@H]2C(=O)CN3C(=O)c2cccnc2)cc1. The van der Waals surface area contributed by atoms with Crippen LogP contribution >= 0.6 is 0 Å². The van der Waals surface area contributed by atoms with Crippen molar-refractivity contribution in [1.29, 1.82) is 0 Å². The maximum Gasteiger partial charge on any atom is 0.256 e. The van der Waals surface area contributed by atoms with Gasteiger partial charge in [0.25, 0.3) is 11.8 Å². The number of pyridine rings is 1. The summed E-state index contributed by atoms with van der Waals surface area (Å²) in [5.74, 6) is -1.76. The number of carbonyl (C=O) groups excluding carboxylic acids is 4. The molecular formula is C32H33FN4O4. The molecule has 2 saturated heterocycles. The molecule has 3 aromatic rings. The van der Waals surface area contributed by atoms with Gasteiger partial charge in [-0.15, -0.1) is 0 Å². The lowest BCUT2D eigenvalue weighted by Gasteiger charge is -2.28. The Morgan fingerprint density at radius 3 is 2.34 bits per heavy atom. The van der Waals surface area contributed by atoms with Gasteiger partial charge >= 0.3 is 0 Å². The second kappa shape index (κ2) is 11.2. The fraction of sp³-hybridized carbons (Fsp3) is 0.344. The highest BCUT2D eigenvalue weighted by Gasteiger charge is 2.52. The van der Waals surface area contributed by atoms with E-state index >= 15 is 0 Å². The lowest BCUT2D eigenvalue weighted by molar-refractivity contribution is -0.138. The van der Waals surface area contributed by atoms with Crippen molar-refractivity contribution in [3.63, 3.8) is 0 Å². The highest BCUT2D eigenvalue weighted by Crippen LogP contribution is 2.31. The van der Waals surface area contributed by atoms with Gasteiger partial charge in [0.1, 0.15) is 17.9 Å². The highest BCUT2D eigenvalue weighted by molar-refractivity contribution is 6.03. The molecule has 0 unspecified atom stereocenters. The van der Waals surface area contributed by atoms with Crippen LogP contribution in [0.25, 0.3) is 0 Å². The Morgan fingerprint density at radius 2 is 1.71 bits per heavy atom. The Balaban J connectivity index is 1.37. The van der Waals surface area contributed by atoms with E-state index in [9.17, 15) is 23.6 Å². The van der Waals surface area contributed by atoms with Crippen molar-refractivity contribution >= 4 is 23.5 Å². The first kappa shape index (κ1) is 28.1. The molecule has 1 N–H and O–H groups in total. The van der Waals surface area contributed by atoms with Gasteiger partial charge in [-0.2, -0.15) is 0 Å². The molecule has 8 nitrogen and oxygen atoms in total. The number of rotatable bonds is 6. The molecule has 3 atom stereocenters. The van der Waals surface area contributed by atoms with Gasteiger partial charge in [-0.25, -0.2) is 4.39 Å². The molecule has 2 aliphatic rings. The molecule has 0 spiro atoms. The number of aromatic nitrogens is 1. The van der Waals surface area contributed by atoms with E-state index in [1.54, 1.807) is 42.6 Å². The lowest BCUT2D eigenvalue weighted by atomic mass is 9.86. The van der Waals surface area contributed by atoms with E-state index in [4.69, 9.17) is 0 Å². The van der Waals surface area contributed by atoms with Crippen molar-refractivity contribution < 1.29 is 23.6 Å². The molecule has 41 heavy (non-hydrogen) atoms. The molecular weight excluding hydrogens is 523 g/mol. The number of fused-ring (bicyclic) bond motifs is 1. The summed E-state index contributed by atoms with van der Waals surface area (Å²) >= 11 is 0. The lowest BCUT2D eigenvalue weighted by Crippen LogP contribution is -2.53. The van der Waals surface area contributed by atoms with Gasteiger partial charge in [0.15, 0.2) is 5.78 Å². The first-order valence-electron chi connectivity index (χ1n) is 13.7. The van der Waals surface area contributed by atoms with Gasteiger partial charge in [-0.3, -0.25) is 24.2 Å². The third-order valence-corrected chi connectivity index (χ3v) is 7.84. The fourth-order valence-electron chi connectivity index (χ4n) is 5.61. The molecule has 1 aromatic heterocycles. The van der Waals surface area contributed by atoms with Crippen molar-refractivity contribution in [2.75, 3.05) is 13.1 Å². The Kier molecular flexibility index (Phi) is 7.71. The summed E-state index contributed by atoms with van der Waals surface area (Å²) in [6.45, 7) is 6.42. The van der Waals surface area contributed by atoms with Crippen LogP contribution in [0.15, 0.2) is 73.1 Å². The summed E-state index contributed by atoms with van der Waals surface area (Å²) in [6.07, 6.45) is 3.59. The van der Waals surface area contributed by atoms with Gasteiger partial charge in [0, 0.05) is 30.9 Å². The summed E-state index contributed by atoms with van der Waals surface area (Å²) in [5.41, 5.74) is 2.43. The van der Waals surface area contributed by atoms with Crippen LogP contribution in [0, 0.1) is 5.82 Å². The molecule has 2 aromatic carbocycles. The van der Waals surface area contributed by atoms with Crippen LogP contribution in [0.1, 0.15) is 59.0 Å². The average Bonchev–Trinajstić information content (AvgIpc) is 3.54. The number of amides is 3. The Bertz CT molecular complexity index is 1450. The minimum Gasteiger partial charge on any atom is -0.340 e. The summed E-state index contributed by atoms with van der Waals surface area (Å²) in [6, 6.07) is 14.1. The third-order valence-electron chi connectivity index (χ3n) is 7.84. The number of nitrogens with one attached hydrogen (secondary N) is 1. The monoisotopic (exact) mass is 556 g/mol. The van der Waals surface area contributed by atoms with Crippen molar-refractivity contribution in [3.8, 4) is 0 Å². The molecule has 2 fully saturated rings. The third kappa shape index (κ3) is 5.89. The van der Waals surface area contributed by atoms with Gasteiger partial charge in [0.2, 0.25) is 5.91 Å². The Morgan fingerprint density at radius 1 is 1.00 bits per heavy atom. The van der Waals surface area contributed by atoms with Crippen molar-refractivity contribution in [3.05, 3.63) is 101 Å². The van der Waals surface area contributed by atoms with Crippen LogP contribution in [0.3, 0.4) is 0 Å². The zero-order chi connectivity index (χ0) is 29.3. The predicted molar refractivity (Wildman–Crippen MR) is 151 cm³/mol. The first-order chi connectivity index (χ1) is 19.5. The van der Waals surface area contributed by atoms with Gasteiger partial charge in [-0.1, -0.05) is 45.0 Å². The fourth-order valence-corrected chi connectivity index (χ4v) is 5.61. The quantitative estimate of drug-likeness (QED) is 0.501. The number of hydrogen-bond acceptors (Lipinski definition) is 5. The summed E-state index contributed by atoms with van der Waals surface area (Å²) in [5, 5.41) is 2.86. The van der Waals surface area contributed by atoms with Crippen LogP contribution in [-0.4, -0.2) is 69.5 Å². The number of carbonyl (C=O) groups is 4. The van der Waals surface area contributed by atoms with Crippen molar-refractivity contribution in [2.24, 2.45) is 0 Å². The molecule has 0 bridgehead atoms. The number of hydrogen-bond donors (Lipinski definition) is 1. The number of likely N-dealkylation sites (tertiary alicyclic amines) is 2. The summed E-state index contributed by atoms with van der Waals surface area (Å²) in [4.78, 5) is 60.6. The van der Waals surface area contributed by atoms with E-state index in [0.717, 1.165) is 5.56 Å². The minimum absolute atomic E-state index is 0.0809. The van der Waals surface area contributed by atoms with E-state index in [0.29, 0.717) is 23.1 Å². The molecule has 0 radical (unpaired) electrons. The van der Waals surface area contributed by atoms with Gasteiger partial charge in [-0.05, 0) is 59.4 Å². The van der Waals surface area contributed by atoms with E-state index < -0.39 is 35.8 Å². The van der Waals surface area contributed by atoms with E-state index in [-0.39, 0.29) is 36.6 Å². The second-order valence-electron chi connectivity index (χ2n) is 11.7. The highest BCUT2D eigenvalue weighted by atomic mass is 19.1. The molecule has 0 saturated carbocycles. The first-order valence-corrected chi connectivity index (χ1v) is 13.7. The number of benzene rings is 2. The summed E-state index contributed by atoms with van der Waals surface area (Å²) in [7, 11) is 0. The van der Waals surface area contributed by atoms with Gasteiger partial charge in [0.05, 0.1) is 18.2 Å². The molecule has 3 heterocycles. The zero-order valence-electron chi connectivity index (χ0n) is 23.3. The van der Waals surface area contributed by atoms with E-state index in [2.05, 4.69) is 31.1 Å². The van der Waals surface area contributed by atoms with Gasteiger partial charge < -0.3 is 15.1 Å². The van der Waals surface area contributed by atoms with Crippen molar-refractivity contribution in [2.45, 2.75) is 57.2 Å². The largest absolute Gasteiger partial charge is 0.340 e. The molecule has 5 rings (SSSR count). The van der Waals surface area contributed by atoms with Crippen LogP contribution in [0.5, 0.6) is 0 Å². The normalized spacial score (nSPS) is 19.2. The smallest absolute Gasteiger partial charge is 0.256 e. The molecule has 212 valence electrons. The van der Waals surface area contributed by atoms with E-state index in [1.165, 1.54) is 28.1 Å². The maximum absolute atomic E-state index is 14.0. The minimum atomic E-state index is -0.995. The van der Waals surface area contributed by atoms with Crippen LogP contribution in [0.2, 0.25) is 0 Å². The van der Waals surface area contributed by atoms with Crippen LogP contribution in [0.4, 0.5) is 4.39 Å². The van der Waals surface area contributed by atoms with Crippen LogP contribution in [-0.2, 0) is 21.4 Å². The Labute approximate surface area is 238 Å². The maximum atomic E-state index is 14.0. The zero-order valence-corrected chi connectivity index (χ0v) is 23.3. The molecule has 2 aliphatic heterocycles. The molecule has 3 amide bonds.